The molecule has 2 aromatic rings. The van der Waals surface area contributed by atoms with Gasteiger partial charge in [-0.3, -0.25) is 4.79 Å². The summed E-state index contributed by atoms with van der Waals surface area (Å²) in [4.78, 5) is 12.3. The first-order valence-electron chi connectivity index (χ1n) is 7.14. The van der Waals surface area contributed by atoms with Gasteiger partial charge in [-0.05, 0) is 71.1 Å². The fourth-order valence-electron chi connectivity index (χ4n) is 2.02. The highest BCUT2D eigenvalue weighted by Crippen LogP contribution is 2.19. The number of rotatable bonds is 6. The molecule has 5 nitrogen and oxygen atoms in total. The molecule has 0 spiro atoms. The van der Waals surface area contributed by atoms with Crippen molar-refractivity contribution < 1.29 is 13.2 Å². The molecule has 0 atom stereocenters. The van der Waals surface area contributed by atoms with E-state index in [0.717, 1.165) is 12.3 Å². The number of amides is 1. The standard InChI is InChI=1S/C16H16BrIN2O3S/c1-2-20(24(22,23)15-9-3-12(17)4-10-15)11-16(21)19-14-7-5-13(18)6-8-14/h3-10H,2,11H2,1H3,(H,19,21). The maximum Gasteiger partial charge on any atom is 0.243 e. The second-order valence-electron chi connectivity index (χ2n) is 4.94. The Bertz CT molecular complexity index is 808. The van der Waals surface area contributed by atoms with Crippen molar-refractivity contribution in [3.63, 3.8) is 0 Å². The van der Waals surface area contributed by atoms with Gasteiger partial charge in [0.25, 0.3) is 0 Å². The highest BCUT2D eigenvalue weighted by Gasteiger charge is 2.25. The number of hydrogen-bond donors (Lipinski definition) is 1. The summed E-state index contributed by atoms with van der Waals surface area (Å²) < 4.78 is 28.3. The third-order valence-corrected chi connectivity index (χ3v) is 6.43. The minimum Gasteiger partial charge on any atom is -0.325 e. The molecule has 0 fully saturated rings. The molecule has 0 heterocycles. The molecular weight excluding hydrogens is 507 g/mol. The van der Waals surface area contributed by atoms with Crippen molar-refractivity contribution in [2.75, 3.05) is 18.4 Å². The van der Waals surface area contributed by atoms with E-state index in [2.05, 4.69) is 43.8 Å². The van der Waals surface area contributed by atoms with Gasteiger partial charge in [-0.15, -0.1) is 0 Å². The molecule has 0 bridgehead atoms. The summed E-state index contributed by atoms with van der Waals surface area (Å²) in [5.41, 5.74) is 0.637. The number of hydrogen-bond acceptors (Lipinski definition) is 3. The summed E-state index contributed by atoms with van der Waals surface area (Å²) in [6, 6.07) is 13.6. The van der Waals surface area contributed by atoms with Crippen LogP contribution in [0.25, 0.3) is 0 Å². The number of carbonyl (C=O) groups is 1. The zero-order valence-corrected chi connectivity index (χ0v) is 17.4. The average molecular weight is 523 g/mol. The molecule has 0 aliphatic rings. The molecule has 0 saturated heterocycles. The molecule has 0 aliphatic heterocycles. The Balaban J connectivity index is 2.11. The van der Waals surface area contributed by atoms with E-state index in [-0.39, 0.29) is 23.9 Å². The largest absolute Gasteiger partial charge is 0.325 e. The van der Waals surface area contributed by atoms with Crippen molar-refractivity contribution >= 4 is 60.1 Å². The van der Waals surface area contributed by atoms with Crippen LogP contribution in [0, 0.1) is 3.57 Å². The van der Waals surface area contributed by atoms with Crippen LogP contribution in [0.3, 0.4) is 0 Å². The van der Waals surface area contributed by atoms with E-state index in [9.17, 15) is 13.2 Å². The molecule has 0 saturated carbocycles. The van der Waals surface area contributed by atoms with E-state index < -0.39 is 10.0 Å². The van der Waals surface area contributed by atoms with Crippen LogP contribution in [0.5, 0.6) is 0 Å². The van der Waals surface area contributed by atoms with Gasteiger partial charge >= 0.3 is 0 Å². The van der Waals surface area contributed by atoms with Gasteiger partial charge in [-0.1, -0.05) is 22.9 Å². The molecule has 24 heavy (non-hydrogen) atoms. The highest BCUT2D eigenvalue weighted by molar-refractivity contribution is 14.1. The van der Waals surface area contributed by atoms with Crippen molar-refractivity contribution in [1.82, 2.24) is 4.31 Å². The molecule has 1 amide bonds. The molecule has 0 unspecified atom stereocenters. The summed E-state index contributed by atoms with van der Waals surface area (Å²) >= 11 is 5.45. The molecule has 0 radical (unpaired) electrons. The lowest BCUT2D eigenvalue weighted by Crippen LogP contribution is -2.37. The van der Waals surface area contributed by atoms with Crippen LogP contribution in [0.2, 0.25) is 0 Å². The van der Waals surface area contributed by atoms with Crippen molar-refractivity contribution in [1.29, 1.82) is 0 Å². The van der Waals surface area contributed by atoms with Crippen LogP contribution in [0.4, 0.5) is 5.69 Å². The van der Waals surface area contributed by atoms with Crippen LogP contribution in [-0.2, 0) is 14.8 Å². The Morgan fingerprint density at radius 1 is 1.12 bits per heavy atom. The number of nitrogens with one attached hydrogen (secondary N) is 1. The van der Waals surface area contributed by atoms with Gasteiger partial charge in [0.2, 0.25) is 15.9 Å². The Morgan fingerprint density at radius 2 is 1.71 bits per heavy atom. The average Bonchev–Trinajstić information content (AvgIpc) is 2.55. The minimum absolute atomic E-state index is 0.162. The van der Waals surface area contributed by atoms with Crippen molar-refractivity contribution in [3.8, 4) is 0 Å². The predicted molar refractivity (Wildman–Crippen MR) is 106 cm³/mol. The quantitative estimate of drug-likeness (QED) is 0.588. The maximum absolute atomic E-state index is 12.6. The lowest BCUT2D eigenvalue weighted by molar-refractivity contribution is -0.116. The van der Waals surface area contributed by atoms with E-state index in [1.165, 1.54) is 12.1 Å². The monoisotopic (exact) mass is 522 g/mol. The smallest absolute Gasteiger partial charge is 0.243 e. The molecule has 0 aromatic heterocycles. The predicted octanol–water partition coefficient (Wildman–Crippen LogP) is 3.70. The van der Waals surface area contributed by atoms with Gasteiger partial charge in [0, 0.05) is 20.3 Å². The molecule has 2 rings (SSSR count). The van der Waals surface area contributed by atoms with E-state index in [1.807, 2.05) is 12.1 Å². The number of halogens is 2. The van der Waals surface area contributed by atoms with Gasteiger partial charge in [-0.2, -0.15) is 4.31 Å². The van der Waals surface area contributed by atoms with Crippen LogP contribution in [0.15, 0.2) is 57.9 Å². The van der Waals surface area contributed by atoms with Gasteiger partial charge in [-0.25, -0.2) is 8.42 Å². The molecular formula is C16H16BrIN2O3S. The second-order valence-corrected chi connectivity index (χ2v) is 9.04. The van der Waals surface area contributed by atoms with Gasteiger partial charge in [0.1, 0.15) is 0 Å². The molecule has 8 heteroatoms. The van der Waals surface area contributed by atoms with E-state index in [0.29, 0.717) is 5.69 Å². The Labute approximate surface area is 163 Å². The molecule has 1 N–H and O–H groups in total. The lowest BCUT2D eigenvalue weighted by Gasteiger charge is -2.20. The van der Waals surface area contributed by atoms with Gasteiger partial charge in [0.15, 0.2) is 0 Å². The fraction of sp³-hybridized carbons (Fsp3) is 0.188. The normalized spacial score (nSPS) is 11.5. The second kappa shape index (κ2) is 8.41. The van der Waals surface area contributed by atoms with E-state index in [1.54, 1.807) is 31.2 Å². The first-order chi connectivity index (χ1) is 11.3. The fourth-order valence-corrected chi connectivity index (χ4v) is 4.05. The zero-order valence-electron chi connectivity index (χ0n) is 12.9. The number of carbonyl (C=O) groups excluding carboxylic acids is 1. The number of anilines is 1. The van der Waals surface area contributed by atoms with Crippen LogP contribution in [0.1, 0.15) is 6.92 Å². The Hall–Kier alpha value is -0.970. The summed E-state index contributed by atoms with van der Waals surface area (Å²) in [7, 11) is -3.71. The molecule has 2 aromatic carbocycles. The third-order valence-electron chi connectivity index (χ3n) is 3.25. The Kier molecular flexibility index (Phi) is 6.79. The number of sulfonamides is 1. The van der Waals surface area contributed by atoms with Crippen molar-refractivity contribution in [2.24, 2.45) is 0 Å². The number of nitrogens with zero attached hydrogens (tertiary/aromatic N) is 1. The first kappa shape index (κ1) is 19.4. The van der Waals surface area contributed by atoms with Crippen LogP contribution in [-0.4, -0.2) is 31.7 Å². The van der Waals surface area contributed by atoms with E-state index >= 15 is 0 Å². The van der Waals surface area contributed by atoms with Crippen molar-refractivity contribution in [3.05, 3.63) is 56.6 Å². The van der Waals surface area contributed by atoms with Crippen molar-refractivity contribution in [2.45, 2.75) is 11.8 Å². The maximum atomic E-state index is 12.6. The number of likely N-dealkylation sites (N-methyl/N-ethyl adjacent to an activating group) is 1. The van der Waals surface area contributed by atoms with Crippen LogP contribution >= 0.6 is 38.5 Å². The zero-order chi connectivity index (χ0) is 17.7. The molecule has 0 aliphatic carbocycles. The minimum atomic E-state index is -3.71. The first-order valence-corrected chi connectivity index (χ1v) is 10.4. The lowest BCUT2D eigenvalue weighted by atomic mass is 10.3. The van der Waals surface area contributed by atoms with E-state index in [4.69, 9.17) is 0 Å². The summed E-state index contributed by atoms with van der Waals surface area (Å²) in [6.07, 6.45) is 0. The number of benzene rings is 2. The summed E-state index contributed by atoms with van der Waals surface area (Å²) in [5, 5.41) is 2.71. The summed E-state index contributed by atoms with van der Waals surface area (Å²) in [6.45, 7) is 1.67. The van der Waals surface area contributed by atoms with Gasteiger partial charge < -0.3 is 5.32 Å². The topological polar surface area (TPSA) is 66.5 Å². The van der Waals surface area contributed by atoms with Crippen LogP contribution < -0.4 is 5.32 Å². The SMILES string of the molecule is CCN(CC(=O)Nc1ccc(I)cc1)S(=O)(=O)c1ccc(Br)cc1. The van der Waals surface area contributed by atoms with Gasteiger partial charge in [0.05, 0.1) is 11.4 Å². The third kappa shape index (κ3) is 5.01. The summed E-state index contributed by atoms with van der Waals surface area (Å²) in [5.74, 6) is -0.376. The molecule has 128 valence electrons. The highest BCUT2D eigenvalue weighted by atomic mass is 127. The Morgan fingerprint density at radius 3 is 2.25 bits per heavy atom.